The average Bonchev–Trinajstić information content (AvgIpc) is 2.29. The van der Waals surface area contributed by atoms with Crippen molar-refractivity contribution in [3.8, 4) is 0 Å². The highest BCUT2D eigenvalue weighted by Gasteiger charge is 2.26. The summed E-state index contributed by atoms with van der Waals surface area (Å²) in [6.45, 7) is 0. The standard InChI is InChI=1S/C9H12NO5P/c1-14-16(13,15-2)7-8-5-3-4-6-9(8)10(11)12/h3-6H,7H2,1-2H3. The number of hydrogen-bond acceptors (Lipinski definition) is 5. The number of para-hydroxylation sites is 1. The van der Waals surface area contributed by atoms with Crippen LogP contribution in [0.25, 0.3) is 0 Å². The first-order chi connectivity index (χ1) is 7.52. The van der Waals surface area contributed by atoms with Gasteiger partial charge in [-0.15, -0.1) is 0 Å². The first kappa shape index (κ1) is 12.8. The van der Waals surface area contributed by atoms with Crippen molar-refractivity contribution in [3.05, 3.63) is 39.9 Å². The number of benzene rings is 1. The molecule has 0 saturated carbocycles. The van der Waals surface area contributed by atoms with Gasteiger partial charge in [0.15, 0.2) is 0 Å². The Bertz CT molecular complexity index is 426. The maximum absolute atomic E-state index is 11.8. The molecule has 0 amide bonds. The van der Waals surface area contributed by atoms with Crippen molar-refractivity contribution < 1.29 is 18.5 Å². The zero-order valence-corrected chi connectivity index (χ0v) is 9.85. The van der Waals surface area contributed by atoms with E-state index in [9.17, 15) is 14.7 Å². The van der Waals surface area contributed by atoms with Crippen molar-refractivity contribution in [1.82, 2.24) is 0 Å². The summed E-state index contributed by atoms with van der Waals surface area (Å²) in [5.41, 5.74) is 0.247. The van der Waals surface area contributed by atoms with Crippen molar-refractivity contribution in [1.29, 1.82) is 0 Å². The summed E-state index contributed by atoms with van der Waals surface area (Å²) in [5.74, 6) is 0. The second-order valence-electron chi connectivity index (χ2n) is 3.02. The molecule has 0 bridgehead atoms. The fourth-order valence-corrected chi connectivity index (χ4v) is 2.33. The van der Waals surface area contributed by atoms with Gasteiger partial charge in [0.2, 0.25) is 0 Å². The zero-order valence-electron chi connectivity index (χ0n) is 8.95. The lowest BCUT2D eigenvalue weighted by Crippen LogP contribution is -1.98. The van der Waals surface area contributed by atoms with Gasteiger partial charge in [0.05, 0.1) is 11.1 Å². The summed E-state index contributed by atoms with van der Waals surface area (Å²) >= 11 is 0. The Morgan fingerprint density at radius 2 is 1.88 bits per heavy atom. The Hall–Kier alpha value is -1.23. The molecule has 0 saturated heterocycles. The predicted octanol–water partition coefficient (Wildman–Crippen LogP) is 2.58. The first-order valence-electron chi connectivity index (χ1n) is 4.45. The van der Waals surface area contributed by atoms with Crippen LogP contribution in [-0.2, 0) is 19.8 Å². The number of nitro benzene ring substituents is 1. The highest BCUT2D eigenvalue weighted by atomic mass is 31.2. The molecule has 0 spiro atoms. The molecular weight excluding hydrogens is 233 g/mol. The summed E-state index contributed by atoms with van der Waals surface area (Å²) in [5, 5.41) is 10.7. The monoisotopic (exact) mass is 245 g/mol. The molecule has 0 unspecified atom stereocenters. The minimum atomic E-state index is -3.27. The van der Waals surface area contributed by atoms with Gasteiger partial charge in [0.25, 0.3) is 5.69 Å². The molecular formula is C9H12NO5P. The summed E-state index contributed by atoms with van der Waals surface area (Å²) in [6.07, 6.45) is -0.114. The van der Waals surface area contributed by atoms with Crippen molar-refractivity contribution in [2.75, 3.05) is 14.2 Å². The molecule has 88 valence electrons. The van der Waals surface area contributed by atoms with Crippen molar-refractivity contribution >= 4 is 13.3 Å². The average molecular weight is 245 g/mol. The highest BCUT2D eigenvalue weighted by molar-refractivity contribution is 7.52. The van der Waals surface area contributed by atoms with Crippen LogP contribution >= 0.6 is 7.60 Å². The number of hydrogen-bond donors (Lipinski definition) is 0. The zero-order chi connectivity index (χ0) is 12.2. The molecule has 0 radical (unpaired) electrons. The van der Waals surface area contributed by atoms with E-state index in [1.807, 2.05) is 0 Å². The second-order valence-corrected chi connectivity index (χ2v) is 5.29. The fraction of sp³-hybridized carbons (Fsp3) is 0.333. The third kappa shape index (κ3) is 2.88. The summed E-state index contributed by atoms with van der Waals surface area (Å²) in [6, 6.07) is 6.07. The largest absolute Gasteiger partial charge is 0.334 e. The van der Waals surface area contributed by atoms with E-state index >= 15 is 0 Å². The third-order valence-electron chi connectivity index (χ3n) is 2.11. The van der Waals surface area contributed by atoms with E-state index in [4.69, 9.17) is 9.05 Å². The van der Waals surface area contributed by atoms with E-state index in [-0.39, 0.29) is 11.8 Å². The number of rotatable bonds is 5. The Labute approximate surface area is 92.9 Å². The van der Waals surface area contributed by atoms with E-state index in [0.29, 0.717) is 5.56 Å². The SMILES string of the molecule is COP(=O)(Cc1ccccc1[N+](=O)[O-])OC. The fourth-order valence-electron chi connectivity index (χ4n) is 1.23. The van der Waals surface area contributed by atoms with Gasteiger partial charge in [0, 0.05) is 25.8 Å². The van der Waals surface area contributed by atoms with Gasteiger partial charge < -0.3 is 9.05 Å². The van der Waals surface area contributed by atoms with Crippen molar-refractivity contribution in [3.63, 3.8) is 0 Å². The van der Waals surface area contributed by atoms with Crippen LogP contribution in [0.2, 0.25) is 0 Å². The van der Waals surface area contributed by atoms with Gasteiger partial charge in [-0.3, -0.25) is 14.7 Å². The maximum Gasteiger partial charge on any atom is 0.334 e. The quantitative estimate of drug-likeness (QED) is 0.452. The number of nitrogens with zero attached hydrogens (tertiary/aromatic N) is 1. The van der Waals surface area contributed by atoms with Crippen LogP contribution < -0.4 is 0 Å². The smallest absolute Gasteiger partial charge is 0.312 e. The predicted molar refractivity (Wildman–Crippen MR) is 58.4 cm³/mol. The van der Waals surface area contributed by atoms with Crippen LogP contribution in [0.5, 0.6) is 0 Å². The minimum Gasteiger partial charge on any atom is -0.312 e. The molecule has 0 fully saturated rings. The summed E-state index contributed by atoms with van der Waals surface area (Å²) in [4.78, 5) is 10.2. The lowest BCUT2D eigenvalue weighted by atomic mass is 10.2. The minimum absolute atomic E-state index is 0.0863. The van der Waals surface area contributed by atoms with Crippen LogP contribution in [0.3, 0.4) is 0 Å². The highest BCUT2D eigenvalue weighted by Crippen LogP contribution is 2.50. The molecule has 0 aliphatic carbocycles. The Morgan fingerprint density at radius 1 is 1.31 bits per heavy atom. The van der Waals surface area contributed by atoms with Crippen LogP contribution in [0.1, 0.15) is 5.56 Å². The van der Waals surface area contributed by atoms with Gasteiger partial charge in [-0.25, -0.2) is 0 Å². The molecule has 0 aromatic heterocycles. The van der Waals surface area contributed by atoms with Crippen molar-refractivity contribution in [2.45, 2.75) is 6.16 Å². The Kier molecular flexibility index (Phi) is 4.18. The molecule has 0 atom stereocenters. The van der Waals surface area contributed by atoms with E-state index in [2.05, 4.69) is 0 Å². The van der Waals surface area contributed by atoms with Gasteiger partial charge in [0.1, 0.15) is 0 Å². The maximum atomic E-state index is 11.8. The van der Waals surface area contributed by atoms with Gasteiger partial charge in [-0.05, 0) is 0 Å². The van der Waals surface area contributed by atoms with E-state index in [1.165, 1.54) is 26.4 Å². The molecule has 16 heavy (non-hydrogen) atoms. The van der Waals surface area contributed by atoms with Gasteiger partial charge in [-0.2, -0.15) is 0 Å². The Morgan fingerprint density at radius 3 is 2.38 bits per heavy atom. The lowest BCUT2D eigenvalue weighted by Gasteiger charge is -2.13. The van der Waals surface area contributed by atoms with E-state index < -0.39 is 12.5 Å². The molecule has 0 heterocycles. The van der Waals surface area contributed by atoms with Gasteiger partial charge >= 0.3 is 7.60 Å². The van der Waals surface area contributed by atoms with Crippen LogP contribution in [-0.4, -0.2) is 19.1 Å². The van der Waals surface area contributed by atoms with E-state index in [0.717, 1.165) is 0 Å². The Balaban J connectivity index is 3.06. The molecule has 1 rings (SSSR count). The number of nitro groups is 1. The van der Waals surface area contributed by atoms with Crippen LogP contribution in [0.15, 0.2) is 24.3 Å². The first-order valence-corrected chi connectivity index (χ1v) is 6.18. The molecule has 0 N–H and O–H groups in total. The molecule has 7 heteroatoms. The molecule has 0 aliphatic rings. The molecule has 6 nitrogen and oxygen atoms in total. The molecule has 1 aromatic rings. The summed E-state index contributed by atoms with van der Waals surface area (Å²) < 4.78 is 21.3. The summed E-state index contributed by atoms with van der Waals surface area (Å²) in [7, 11) is -0.776. The molecule has 1 aromatic carbocycles. The van der Waals surface area contributed by atoms with Gasteiger partial charge in [-0.1, -0.05) is 18.2 Å². The second kappa shape index (κ2) is 5.21. The lowest BCUT2D eigenvalue weighted by molar-refractivity contribution is -0.385. The van der Waals surface area contributed by atoms with Crippen molar-refractivity contribution in [2.24, 2.45) is 0 Å². The normalized spacial score (nSPS) is 11.4. The van der Waals surface area contributed by atoms with Crippen LogP contribution in [0.4, 0.5) is 5.69 Å². The topological polar surface area (TPSA) is 78.7 Å². The third-order valence-corrected chi connectivity index (χ3v) is 3.95. The van der Waals surface area contributed by atoms with Crippen LogP contribution in [0, 0.1) is 10.1 Å². The van der Waals surface area contributed by atoms with E-state index in [1.54, 1.807) is 12.1 Å². The molecule has 0 aliphatic heterocycles.